The zero-order valence-corrected chi connectivity index (χ0v) is 14.9. The molecule has 0 aliphatic heterocycles. The van der Waals surface area contributed by atoms with Gasteiger partial charge in [-0.1, -0.05) is 30.7 Å². The van der Waals surface area contributed by atoms with Crippen LogP contribution in [0.15, 0.2) is 30.3 Å². The Morgan fingerprint density at radius 3 is 2.84 bits per heavy atom. The minimum atomic E-state index is -0.292. The number of amides is 2. The summed E-state index contributed by atoms with van der Waals surface area (Å²) in [5, 5.41) is 5.96. The zero-order valence-electron chi connectivity index (χ0n) is 14.9. The third kappa shape index (κ3) is 6.69. The predicted octanol–water partition coefficient (Wildman–Crippen LogP) is 3.43. The van der Waals surface area contributed by atoms with Gasteiger partial charge in [-0.05, 0) is 50.8 Å². The fraction of sp³-hybridized carbons (Fsp3) is 0.500. The normalized spacial score (nSPS) is 20.6. The average molecular weight is 346 g/mol. The fourth-order valence-corrected chi connectivity index (χ4v) is 3.16. The smallest absolute Gasteiger partial charge is 0.224 e. The second-order valence-corrected chi connectivity index (χ2v) is 6.95. The van der Waals surface area contributed by atoms with Crippen LogP contribution in [-0.4, -0.2) is 23.9 Å². The van der Waals surface area contributed by atoms with Crippen LogP contribution >= 0.6 is 0 Å². The number of benzene rings is 1. The van der Waals surface area contributed by atoms with Gasteiger partial charge < -0.3 is 10.6 Å². The molecular formula is C20H27FN2O2. The molecular weight excluding hydrogens is 319 g/mol. The molecule has 136 valence electrons. The van der Waals surface area contributed by atoms with E-state index in [1.165, 1.54) is 12.1 Å². The molecule has 1 saturated carbocycles. The Kier molecular flexibility index (Phi) is 7.16. The van der Waals surface area contributed by atoms with Gasteiger partial charge in [0.1, 0.15) is 5.82 Å². The Morgan fingerprint density at radius 1 is 1.32 bits per heavy atom. The van der Waals surface area contributed by atoms with Crippen molar-refractivity contribution in [3.63, 3.8) is 0 Å². The minimum absolute atomic E-state index is 0.0238. The van der Waals surface area contributed by atoms with Crippen LogP contribution in [0.5, 0.6) is 0 Å². The van der Waals surface area contributed by atoms with Gasteiger partial charge in [0.25, 0.3) is 0 Å². The predicted molar refractivity (Wildman–Crippen MR) is 97.2 cm³/mol. The molecule has 0 bridgehead atoms. The first-order valence-corrected chi connectivity index (χ1v) is 8.96. The van der Waals surface area contributed by atoms with Gasteiger partial charge in [-0.3, -0.25) is 9.59 Å². The molecule has 0 radical (unpaired) electrons. The van der Waals surface area contributed by atoms with Crippen LogP contribution < -0.4 is 10.6 Å². The maximum Gasteiger partial charge on any atom is 0.224 e. The molecule has 4 nitrogen and oxygen atoms in total. The summed E-state index contributed by atoms with van der Waals surface area (Å²) in [5.74, 6) is -0.300. The second kappa shape index (κ2) is 9.35. The maximum absolute atomic E-state index is 13.1. The third-order valence-corrected chi connectivity index (χ3v) is 4.30. The standard InChI is InChI=1S/C20H27FN2O2/c1-14(2)22-20(25)16-8-5-10-18(13-16)23-19(24)11-4-7-15-6-3-9-17(21)12-15/h3-4,6-7,9,12,14,16,18H,5,8,10-11,13H2,1-2H3,(H,22,25)(H,23,24)/b7-4+. The lowest BCUT2D eigenvalue weighted by Gasteiger charge is -2.29. The minimum Gasteiger partial charge on any atom is -0.354 e. The van der Waals surface area contributed by atoms with Crippen LogP contribution in [0.4, 0.5) is 4.39 Å². The van der Waals surface area contributed by atoms with E-state index in [1.807, 2.05) is 13.8 Å². The number of hydrogen-bond donors (Lipinski definition) is 2. The SMILES string of the molecule is CC(C)NC(=O)C1CCCC(NC(=O)C/C=C/c2cccc(F)c2)C1. The first-order chi connectivity index (χ1) is 11.9. The van der Waals surface area contributed by atoms with Crippen LogP contribution in [0, 0.1) is 11.7 Å². The van der Waals surface area contributed by atoms with E-state index in [9.17, 15) is 14.0 Å². The van der Waals surface area contributed by atoms with E-state index in [0.29, 0.717) is 6.42 Å². The summed E-state index contributed by atoms with van der Waals surface area (Å²) in [5.41, 5.74) is 0.732. The molecule has 1 aliphatic rings. The number of carbonyl (C=O) groups is 2. The Labute approximate surface area is 148 Å². The quantitative estimate of drug-likeness (QED) is 0.829. The summed E-state index contributed by atoms with van der Waals surface area (Å²) in [7, 11) is 0. The molecule has 0 spiro atoms. The third-order valence-electron chi connectivity index (χ3n) is 4.30. The highest BCUT2D eigenvalue weighted by Gasteiger charge is 2.28. The van der Waals surface area contributed by atoms with Gasteiger partial charge in [0, 0.05) is 24.4 Å². The van der Waals surface area contributed by atoms with Crippen molar-refractivity contribution in [3.8, 4) is 0 Å². The van der Waals surface area contributed by atoms with E-state index in [4.69, 9.17) is 0 Å². The monoisotopic (exact) mass is 346 g/mol. The molecule has 5 heteroatoms. The molecule has 1 aliphatic carbocycles. The maximum atomic E-state index is 13.1. The van der Waals surface area contributed by atoms with Gasteiger partial charge in [-0.15, -0.1) is 0 Å². The molecule has 2 unspecified atom stereocenters. The lowest BCUT2D eigenvalue weighted by Crippen LogP contribution is -2.43. The van der Waals surface area contributed by atoms with Crippen molar-refractivity contribution in [3.05, 3.63) is 41.7 Å². The summed E-state index contributed by atoms with van der Waals surface area (Å²) < 4.78 is 13.1. The number of rotatable bonds is 6. The second-order valence-electron chi connectivity index (χ2n) is 6.95. The fourth-order valence-electron chi connectivity index (χ4n) is 3.16. The molecule has 1 aromatic rings. The van der Waals surface area contributed by atoms with E-state index in [1.54, 1.807) is 24.3 Å². The molecule has 0 saturated heterocycles. The summed E-state index contributed by atoms with van der Waals surface area (Å²) >= 11 is 0. The zero-order chi connectivity index (χ0) is 18.2. The average Bonchev–Trinajstić information content (AvgIpc) is 2.54. The van der Waals surface area contributed by atoms with Crippen LogP contribution in [0.25, 0.3) is 6.08 Å². The first-order valence-electron chi connectivity index (χ1n) is 8.96. The van der Waals surface area contributed by atoms with Crippen molar-refractivity contribution < 1.29 is 14.0 Å². The van der Waals surface area contributed by atoms with Crippen molar-refractivity contribution in [1.82, 2.24) is 10.6 Å². The van der Waals surface area contributed by atoms with Gasteiger partial charge >= 0.3 is 0 Å². The van der Waals surface area contributed by atoms with Crippen LogP contribution in [0.2, 0.25) is 0 Å². The molecule has 2 amide bonds. The summed E-state index contributed by atoms with van der Waals surface area (Å²) in [6.07, 6.45) is 7.14. The van der Waals surface area contributed by atoms with Crippen molar-refractivity contribution in [2.24, 2.45) is 5.92 Å². The van der Waals surface area contributed by atoms with Crippen molar-refractivity contribution in [2.75, 3.05) is 0 Å². The molecule has 2 N–H and O–H groups in total. The van der Waals surface area contributed by atoms with Crippen molar-refractivity contribution in [2.45, 2.75) is 58.0 Å². The number of nitrogens with one attached hydrogen (secondary N) is 2. The number of halogens is 1. The van der Waals surface area contributed by atoms with E-state index < -0.39 is 0 Å². The highest BCUT2D eigenvalue weighted by molar-refractivity contribution is 5.80. The van der Waals surface area contributed by atoms with E-state index in [0.717, 1.165) is 24.8 Å². The largest absolute Gasteiger partial charge is 0.354 e. The molecule has 0 heterocycles. The molecule has 2 rings (SSSR count). The van der Waals surface area contributed by atoms with Crippen LogP contribution in [-0.2, 0) is 9.59 Å². The number of carbonyl (C=O) groups excluding carboxylic acids is 2. The van der Waals surface area contributed by atoms with E-state index in [-0.39, 0.29) is 42.1 Å². The highest BCUT2D eigenvalue weighted by Crippen LogP contribution is 2.24. The molecule has 2 atom stereocenters. The van der Waals surface area contributed by atoms with Gasteiger partial charge in [0.15, 0.2) is 0 Å². The summed E-state index contributed by atoms with van der Waals surface area (Å²) in [6, 6.07) is 6.42. The summed E-state index contributed by atoms with van der Waals surface area (Å²) in [4.78, 5) is 24.2. The molecule has 0 aromatic heterocycles. The lowest BCUT2D eigenvalue weighted by molar-refractivity contribution is -0.128. The van der Waals surface area contributed by atoms with Gasteiger partial charge in [-0.25, -0.2) is 4.39 Å². The Balaban J connectivity index is 1.78. The van der Waals surface area contributed by atoms with E-state index in [2.05, 4.69) is 10.6 Å². The van der Waals surface area contributed by atoms with Crippen LogP contribution in [0.1, 0.15) is 51.5 Å². The molecule has 25 heavy (non-hydrogen) atoms. The lowest BCUT2D eigenvalue weighted by atomic mass is 9.85. The van der Waals surface area contributed by atoms with Crippen LogP contribution in [0.3, 0.4) is 0 Å². The van der Waals surface area contributed by atoms with Gasteiger partial charge in [0.05, 0.1) is 0 Å². The highest BCUT2D eigenvalue weighted by atomic mass is 19.1. The van der Waals surface area contributed by atoms with Crippen molar-refractivity contribution >= 4 is 17.9 Å². The Hall–Kier alpha value is -2.17. The number of hydrogen-bond acceptors (Lipinski definition) is 2. The topological polar surface area (TPSA) is 58.2 Å². The molecule has 1 fully saturated rings. The van der Waals surface area contributed by atoms with Gasteiger partial charge in [0.2, 0.25) is 11.8 Å². The molecule has 1 aromatic carbocycles. The van der Waals surface area contributed by atoms with Crippen molar-refractivity contribution in [1.29, 1.82) is 0 Å². The Morgan fingerprint density at radius 2 is 2.12 bits per heavy atom. The summed E-state index contributed by atoms with van der Waals surface area (Å²) in [6.45, 7) is 3.90. The Bertz CT molecular complexity index is 628. The van der Waals surface area contributed by atoms with Gasteiger partial charge in [-0.2, -0.15) is 0 Å². The van der Waals surface area contributed by atoms with E-state index >= 15 is 0 Å². The first kappa shape index (κ1) is 19.2.